The molecule has 1 heterocycles. The minimum absolute atomic E-state index is 0.382. The van der Waals surface area contributed by atoms with Crippen LogP contribution in [0.3, 0.4) is 0 Å². The normalized spacial score (nSPS) is 12.3. The molecule has 20 heavy (non-hydrogen) atoms. The Labute approximate surface area is 122 Å². The van der Waals surface area contributed by atoms with Gasteiger partial charge in [-0.05, 0) is 38.0 Å². The van der Waals surface area contributed by atoms with E-state index in [-0.39, 0.29) is 0 Å². The molecule has 0 aliphatic heterocycles. The first kappa shape index (κ1) is 14.7. The second kappa shape index (κ2) is 7.18. The van der Waals surface area contributed by atoms with E-state index in [1.807, 2.05) is 0 Å². The number of benzene rings is 1. The van der Waals surface area contributed by atoms with Crippen molar-refractivity contribution in [3.8, 4) is 0 Å². The molecular formula is C18H26N2. The van der Waals surface area contributed by atoms with E-state index in [4.69, 9.17) is 0 Å². The minimum atomic E-state index is 0.382. The van der Waals surface area contributed by atoms with Gasteiger partial charge in [-0.1, -0.05) is 56.5 Å². The van der Waals surface area contributed by atoms with Crippen LogP contribution in [0, 0.1) is 13.8 Å². The van der Waals surface area contributed by atoms with Crippen LogP contribution < -0.4 is 5.43 Å². The van der Waals surface area contributed by atoms with Gasteiger partial charge in [0.25, 0.3) is 0 Å². The van der Waals surface area contributed by atoms with Gasteiger partial charge in [0, 0.05) is 11.4 Å². The quantitative estimate of drug-likeness (QED) is 0.703. The Bertz CT molecular complexity index is 494. The standard InChI is InChI=1S/C18H26N2/c1-4-5-7-12-18(17-10-8-6-9-11-17)19-20-15(2)13-14-16(20)3/h6,8-11,13-14,18-19H,4-5,7,12H2,1-3H3. The van der Waals surface area contributed by atoms with Crippen LogP contribution in [-0.4, -0.2) is 4.68 Å². The summed E-state index contributed by atoms with van der Waals surface area (Å²) < 4.78 is 2.21. The summed E-state index contributed by atoms with van der Waals surface area (Å²) in [4.78, 5) is 0. The smallest absolute Gasteiger partial charge is 0.0673 e. The fourth-order valence-corrected chi connectivity index (χ4v) is 2.62. The van der Waals surface area contributed by atoms with Gasteiger partial charge in [-0.25, -0.2) is 0 Å². The van der Waals surface area contributed by atoms with Gasteiger partial charge < -0.3 is 5.43 Å². The molecule has 2 aromatic rings. The van der Waals surface area contributed by atoms with Gasteiger partial charge in [-0.2, -0.15) is 0 Å². The van der Waals surface area contributed by atoms with E-state index in [2.05, 4.69) is 73.3 Å². The zero-order valence-corrected chi connectivity index (χ0v) is 12.9. The van der Waals surface area contributed by atoms with Crippen LogP contribution in [0.15, 0.2) is 42.5 Å². The molecule has 0 aliphatic rings. The van der Waals surface area contributed by atoms with Crippen LogP contribution in [0.5, 0.6) is 0 Å². The Hall–Kier alpha value is -1.70. The molecule has 1 aromatic carbocycles. The molecule has 1 aromatic heterocycles. The summed E-state index contributed by atoms with van der Waals surface area (Å²) in [5.41, 5.74) is 7.58. The van der Waals surface area contributed by atoms with E-state index < -0.39 is 0 Å². The predicted molar refractivity (Wildman–Crippen MR) is 86.6 cm³/mol. The molecule has 1 N–H and O–H groups in total. The Morgan fingerprint density at radius 3 is 2.20 bits per heavy atom. The summed E-state index contributed by atoms with van der Waals surface area (Å²) in [5, 5.41) is 0. The summed E-state index contributed by atoms with van der Waals surface area (Å²) in [7, 11) is 0. The SMILES string of the molecule is CCCCCC(Nn1c(C)ccc1C)c1ccccc1. The number of rotatable bonds is 7. The van der Waals surface area contributed by atoms with E-state index in [9.17, 15) is 0 Å². The summed E-state index contributed by atoms with van der Waals surface area (Å²) in [5.74, 6) is 0. The Balaban J connectivity index is 2.14. The average molecular weight is 270 g/mol. The first-order chi connectivity index (χ1) is 9.72. The Morgan fingerprint density at radius 2 is 1.60 bits per heavy atom. The van der Waals surface area contributed by atoms with E-state index in [1.165, 1.54) is 42.6 Å². The van der Waals surface area contributed by atoms with Crippen LogP contribution in [0.4, 0.5) is 0 Å². The topological polar surface area (TPSA) is 17.0 Å². The molecule has 2 rings (SSSR count). The number of aromatic nitrogens is 1. The van der Waals surface area contributed by atoms with Crippen LogP contribution in [-0.2, 0) is 0 Å². The second-order valence-electron chi connectivity index (χ2n) is 5.54. The van der Waals surface area contributed by atoms with Crippen molar-refractivity contribution in [1.82, 2.24) is 4.68 Å². The van der Waals surface area contributed by atoms with Crippen molar-refractivity contribution in [2.24, 2.45) is 0 Å². The second-order valence-corrected chi connectivity index (χ2v) is 5.54. The van der Waals surface area contributed by atoms with Gasteiger partial charge in [-0.3, -0.25) is 4.68 Å². The van der Waals surface area contributed by atoms with E-state index >= 15 is 0 Å². The molecule has 0 bridgehead atoms. The monoisotopic (exact) mass is 270 g/mol. The van der Waals surface area contributed by atoms with Crippen LogP contribution in [0.2, 0.25) is 0 Å². The van der Waals surface area contributed by atoms with Gasteiger partial charge in [0.05, 0.1) is 6.04 Å². The molecular weight excluding hydrogens is 244 g/mol. The predicted octanol–water partition coefficient (Wildman–Crippen LogP) is 4.97. The number of unbranched alkanes of at least 4 members (excludes halogenated alkanes) is 2. The fraction of sp³-hybridized carbons (Fsp3) is 0.444. The Morgan fingerprint density at radius 1 is 0.950 bits per heavy atom. The van der Waals surface area contributed by atoms with Crippen molar-refractivity contribution in [3.05, 3.63) is 59.4 Å². The molecule has 0 radical (unpaired) electrons. The summed E-state index contributed by atoms with van der Waals surface area (Å²) in [6.45, 7) is 6.55. The van der Waals surface area contributed by atoms with Gasteiger partial charge >= 0.3 is 0 Å². The summed E-state index contributed by atoms with van der Waals surface area (Å²) in [6, 6.07) is 15.5. The highest BCUT2D eigenvalue weighted by atomic mass is 15.4. The highest BCUT2D eigenvalue weighted by Crippen LogP contribution is 2.22. The number of hydrogen-bond acceptors (Lipinski definition) is 1. The van der Waals surface area contributed by atoms with Crippen molar-refractivity contribution in [1.29, 1.82) is 0 Å². The van der Waals surface area contributed by atoms with Crippen molar-refractivity contribution in [2.45, 2.75) is 52.5 Å². The summed E-state index contributed by atoms with van der Waals surface area (Å²) >= 11 is 0. The molecule has 0 aliphatic carbocycles. The maximum atomic E-state index is 3.69. The lowest BCUT2D eigenvalue weighted by Gasteiger charge is -2.23. The third kappa shape index (κ3) is 3.66. The maximum Gasteiger partial charge on any atom is 0.0673 e. The average Bonchev–Trinajstić information content (AvgIpc) is 2.79. The molecule has 0 amide bonds. The number of hydrogen-bond donors (Lipinski definition) is 1. The zero-order chi connectivity index (χ0) is 14.4. The Kier molecular flexibility index (Phi) is 5.28. The molecule has 2 nitrogen and oxygen atoms in total. The molecule has 0 saturated carbocycles. The molecule has 0 spiro atoms. The van der Waals surface area contributed by atoms with Crippen LogP contribution in [0.25, 0.3) is 0 Å². The molecule has 1 unspecified atom stereocenters. The van der Waals surface area contributed by atoms with Crippen LogP contribution in [0.1, 0.15) is 55.6 Å². The molecule has 0 saturated heterocycles. The largest absolute Gasteiger partial charge is 0.318 e. The zero-order valence-electron chi connectivity index (χ0n) is 12.9. The van der Waals surface area contributed by atoms with E-state index in [1.54, 1.807) is 0 Å². The third-order valence-electron chi connectivity index (χ3n) is 3.85. The van der Waals surface area contributed by atoms with Gasteiger partial charge in [0.15, 0.2) is 0 Å². The van der Waals surface area contributed by atoms with Crippen molar-refractivity contribution >= 4 is 0 Å². The molecule has 0 fully saturated rings. The molecule has 108 valence electrons. The van der Waals surface area contributed by atoms with Crippen molar-refractivity contribution < 1.29 is 0 Å². The van der Waals surface area contributed by atoms with Gasteiger partial charge in [0.2, 0.25) is 0 Å². The van der Waals surface area contributed by atoms with E-state index in [0.717, 1.165) is 0 Å². The van der Waals surface area contributed by atoms with Crippen molar-refractivity contribution in [3.63, 3.8) is 0 Å². The highest BCUT2D eigenvalue weighted by molar-refractivity contribution is 5.23. The minimum Gasteiger partial charge on any atom is -0.318 e. The van der Waals surface area contributed by atoms with Gasteiger partial charge in [-0.15, -0.1) is 0 Å². The number of nitrogens with one attached hydrogen (secondary N) is 1. The van der Waals surface area contributed by atoms with Crippen LogP contribution >= 0.6 is 0 Å². The maximum absolute atomic E-state index is 3.69. The van der Waals surface area contributed by atoms with Gasteiger partial charge in [0.1, 0.15) is 0 Å². The first-order valence-electron chi connectivity index (χ1n) is 7.68. The molecule has 2 heteroatoms. The third-order valence-corrected chi connectivity index (χ3v) is 3.85. The van der Waals surface area contributed by atoms with Crippen molar-refractivity contribution in [2.75, 3.05) is 5.43 Å². The molecule has 1 atom stereocenters. The van der Waals surface area contributed by atoms with E-state index in [0.29, 0.717) is 6.04 Å². The highest BCUT2D eigenvalue weighted by Gasteiger charge is 2.12. The summed E-state index contributed by atoms with van der Waals surface area (Å²) in [6.07, 6.45) is 5.01. The lowest BCUT2D eigenvalue weighted by molar-refractivity contribution is 0.560. The fourth-order valence-electron chi connectivity index (χ4n) is 2.62. The lowest BCUT2D eigenvalue weighted by Crippen LogP contribution is -2.23. The lowest BCUT2D eigenvalue weighted by atomic mass is 10.0. The first-order valence-corrected chi connectivity index (χ1v) is 7.68. The number of nitrogens with zero attached hydrogens (tertiary/aromatic N) is 1. The number of aryl methyl sites for hydroxylation is 2.